The molecule has 5 heteroatoms. The number of amides is 1. The Morgan fingerprint density at radius 2 is 1.60 bits per heavy atom. The summed E-state index contributed by atoms with van der Waals surface area (Å²) in [5.41, 5.74) is 3.82. The first-order valence-electron chi connectivity index (χ1n) is 9.57. The first kappa shape index (κ1) is 19.9. The average Bonchev–Trinajstić information content (AvgIpc) is 3.00. The third-order valence-corrected chi connectivity index (χ3v) is 5.54. The van der Waals surface area contributed by atoms with Gasteiger partial charge < -0.3 is 5.11 Å². The molecule has 1 atom stereocenters. The molecule has 1 saturated heterocycles. The number of aliphatic hydroxyl groups excluding tert-OH is 1. The van der Waals surface area contributed by atoms with Gasteiger partial charge in [-0.3, -0.25) is 14.5 Å². The fourth-order valence-electron chi connectivity index (χ4n) is 3.87. The van der Waals surface area contributed by atoms with Gasteiger partial charge in [0, 0.05) is 16.3 Å². The van der Waals surface area contributed by atoms with Gasteiger partial charge in [0.1, 0.15) is 5.76 Å². The van der Waals surface area contributed by atoms with Gasteiger partial charge in [0.15, 0.2) is 0 Å². The number of hydrogen-bond donors (Lipinski definition) is 1. The van der Waals surface area contributed by atoms with Crippen LogP contribution in [0, 0.1) is 13.8 Å². The van der Waals surface area contributed by atoms with Crippen molar-refractivity contribution in [3.8, 4) is 0 Å². The van der Waals surface area contributed by atoms with Crippen molar-refractivity contribution in [1.82, 2.24) is 0 Å². The zero-order valence-electron chi connectivity index (χ0n) is 16.6. The van der Waals surface area contributed by atoms with Crippen molar-refractivity contribution in [3.05, 3.63) is 106 Å². The highest BCUT2D eigenvalue weighted by Gasteiger charge is 2.47. The largest absolute Gasteiger partial charge is 0.507 e. The molecule has 0 saturated carbocycles. The predicted molar refractivity (Wildman–Crippen MR) is 119 cm³/mol. The Kier molecular flexibility index (Phi) is 5.18. The summed E-state index contributed by atoms with van der Waals surface area (Å²) in [6.45, 7) is 3.88. The van der Waals surface area contributed by atoms with Crippen LogP contribution in [0.3, 0.4) is 0 Å². The van der Waals surface area contributed by atoms with E-state index in [1.54, 1.807) is 24.3 Å². The molecule has 1 heterocycles. The van der Waals surface area contributed by atoms with E-state index in [-0.39, 0.29) is 11.3 Å². The number of aryl methyl sites for hydroxylation is 2. The SMILES string of the molecule is Cc1ccc(N2C(=O)C(=O)/C(=C(/O)c3ccc(Cl)cc3)C2c2ccccc2)c(C)c1. The molecule has 30 heavy (non-hydrogen) atoms. The highest BCUT2D eigenvalue weighted by atomic mass is 35.5. The lowest BCUT2D eigenvalue weighted by Gasteiger charge is -2.27. The number of anilines is 1. The van der Waals surface area contributed by atoms with Crippen molar-refractivity contribution in [2.24, 2.45) is 0 Å². The van der Waals surface area contributed by atoms with Crippen LogP contribution in [0.25, 0.3) is 5.76 Å². The third-order valence-electron chi connectivity index (χ3n) is 5.29. The number of nitrogens with zero attached hydrogens (tertiary/aromatic N) is 1. The molecule has 1 fully saturated rings. The minimum absolute atomic E-state index is 0.0634. The van der Waals surface area contributed by atoms with E-state index in [9.17, 15) is 14.7 Å². The minimum Gasteiger partial charge on any atom is -0.507 e. The molecule has 0 spiro atoms. The Morgan fingerprint density at radius 3 is 2.23 bits per heavy atom. The van der Waals surface area contributed by atoms with E-state index in [0.29, 0.717) is 16.3 Å². The molecule has 0 aromatic heterocycles. The van der Waals surface area contributed by atoms with Gasteiger partial charge >= 0.3 is 0 Å². The molecule has 4 nitrogen and oxygen atoms in total. The molecular formula is C25H20ClNO3. The smallest absolute Gasteiger partial charge is 0.300 e. The third kappa shape index (κ3) is 3.40. The van der Waals surface area contributed by atoms with Crippen LogP contribution in [-0.4, -0.2) is 16.8 Å². The molecule has 0 aliphatic carbocycles. The summed E-state index contributed by atoms with van der Waals surface area (Å²) < 4.78 is 0. The summed E-state index contributed by atoms with van der Waals surface area (Å²) in [6.07, 6.45) is 0. The highest BCUT2D eigenvalue weighted by molar-refractivity contribution is 6.51. The second-order valence-corrected chi connectivity index (χ2v) is 7.81. The van der Waals surface area contributed by atoms with Gasteiger partial charge in [-0.05, 0) is 55.3 Å². The Balaban J connectivity index is 1.96. The van der Waals surface area contributed by atoms with Gasteiger partial charge in [-0.2, -0.15) is 0 Å². The van der Waals surface area contributed by atoms with Crippen LogP contribution in [0.1, 0.15) is 28.3 Å². The lowest BCUT2D eigenvalue weighted by molar-refractivity contribution is -0.132. The van der Waals surface area contributed by atoms with Crippen molar-refractivity contribution in [3.63, 3.8) is 0 Å². The lowest BCUT2D eigenvalue weighted by atomic mass is 9.95. The maximum Gasteiger partial charge on any atom is 0.300 e. The summed E-state index contributed by atoms with van der Waals surface area (Å²) in [7, 11) is 0. The van der Waals surface area contributed by atoms with Crippen molar-refractivity contribution < 1.29 is 14.7 Å². The van der Waals surface area contributed by atoms with Gasteiger partial charge in [-0.15, -0.1) is 0 Å². The van der Waals surface area contributed by atoms with Crippen LogP contribution in [0.2, 0.25) is 5.02 Å². The van der Waals surface area contributed by atoms with E-state index in [1.807, 2.05) is 62.4 Å². The molecule has 0 bridgehead atoms. The number of ketones is 1. The van der Waals surface area contributed by atoms with Crippen molar-refractivity contribution in [1.29, 1.82) is 0 Å². The molecule has 150 valence electrons. The summed E-state index contributed by atoms with van der Waals surface area (Å²) in [4.78, 5) is 27.7. The first-order valence-corrected chi connectivity index (χ1v) is 9.95. The molecule has 1 unspecified atom stereocenters. The topological polar surface area (TPSA) is 57.6 Å². The van der Waals surface area contributed by atoms with Crippen molar-refractivity contribution in [2.75, 3.05) is 4.90 Å². The molecule has 3 aromatic carbocycles. The number of benzene rings is 3. The van der Waals surface area contributed by atoms with Crippen LogP contribution in [-0.2, 0) is 9.59 Å². The van der Waals surface area contributed by atoms with Crippen LogP contribution in [0.4, 0.5) is 5.69 Å². The number of carbonyl (C=O) groups excluding carboxylic acids is 2. The molecule has 1 aliphatic rings. The first-order chi connectivity index (χ1) is 14.4. The fourth-order valence-corrected chi connectivity index (χ4v) is 4.00. The summed E-state index contributed by atoms with van der Waals surface area (Å²) in [6, 6.07) is 20.8. The van der Waals surface area contributed by atoms with E-state index >= 15 is 0 Å². The molecule has 0 radical (unpaired) electrons. The second-order valence-electron chi connectivity index (χ2n) is 7.38. The number of carbonyl (C=O) groups is 2. The summed E-state index contributed by atoms with van der Waals surface area (Å²) in [5.74, 6) is -1.59. The van der Waals surface area contributed by atoms with Crippen LogP contribution >= 0.6 is 11.6 Å². The van der Waals surface area contributed by atoms with E-state index in [4.69, 9.17) is 11.6 Å². The second kappa shape index (κ2) is 7.81. The maximum atomic E-state index is 13.1. The van der Waals surface area contributed by atoms with Crippen LogP contribution in [0.15, 0.2) is 78.4 Å². The number of aliphatic hydroxyl groups is 1. The molecule has 3 aromatic rings. The fraction of sp³-hybridized carbons (Fsp3) is 0.120. The zero-order chi connectivity index (χ0) is 21.4. The van der Waals surface area contributed by atoms with Crippen LogP contribution in [0.5, 0.6) is 0 Å². The van der Waals surface area contributed by atoms with Crippen molar-refractivity contribution >= 4 is 34.7 Å². The molecule has 4 rings (SSSR count). The van der Waals surface area contributed by atoms with E-state index in [2.05, 4.69) is 0 Å². The highest BCUT2D eigenvalue weighted by Crippen LogP contribution is 2.43. The molecule has 1 aliphatic heterocycles. The van der Waals surface area contributed by atoms with E-state index < -0.39 is 17.7 Å². The average molecular weight is 418 g/mol. The molecule has 1 N–H and O–H groups in total. The van der Waals surface area contributed by atoms with Gasteiger partial charge in [0.25, 0.3) is 11.7 Å². The van der Waals surface area contributed by atoms with Crippen LogP contribution < -0.4 is 4.90 Å². The number of hydrogen-bond acceptors (Lipinski definition) is 3. The van der Waals surface area contributed by atoms with Gasteiger partial charge in [0.05, 0.1) is 11.6 Å². The Hall–Kier alpha value is -3.37. The Labute approximate surface area is 180 Å². The maximum absolute atomic E-state index is 13.1. The predicted octanol–water partition coefficient (Wildman–Crippen LogP) is 5.58. The standard InChI is InChI=1S/C25H20ClNO3/c1-15-8-13-20(16(2)14-15)27-22(17-6-4-3-5-7-17)21(24(29)25(27)30)23(28)18-9-11-19(26)12-10-18/h3-14,22,28H,1-2H3/b23-21+. The van der Waals surface area contributed by atoms with Gasteiger partial charge in [0.2, 0.25) is 0 Å². The van der Waals surface area contributed by atoms with Gasteiger partial charge in [-0.1, -0.05) is 59.6 Å². The van der Waals surface area contributed by atoms with E-state index in [0.717, 1.165) is 16.7 Å². The quantitative estimate of drug-likeness (QED) is 0.343. The van der Waals surface area contributed by atoms with Gasteiger partial charge in [-0.25, -0.2) is 0 Å². The number of rotatable bonds is 3. The molecular weight excluding hydrogens is 398 g/mol. The normalized spacial score (nSPS) is 18.1. The number of halogens is 1. The monoisotopic (exact) mass is 417 g/mol. The lowest BCUT2D eigenvalue weighted by Crippen LogP contribution is -2.30. The number of Topliss-reactive ketones (excluding diaryl/α,β-unsaturated/α-hetero) is 1. The Morgan fingerprint density at radius 1 is 0.933 bits per heavy atom. The summed E-state index contributed by atoms with van der Waals surface area (Å²) in [5, 5.41) is 11.6. The van der Waals surface area contributed by atoms with E-state index in [1.165, 1.54) is 4.90 Å². The molecule has 1 amide bonds. The zero-order valence-corrected chi connectivity index (χ0v) is 17.4. The minimum atomic E-state index is -0.733. The Bertz CT molecular complexity index is 1170. The van der Waals surface area contributed by atoms with Crippen molar-refractivity contribution in [2.45, 2.75) is 19.9 Å². The summed E-state index contributed by atoms with van der Waals surface area (Å²) >= 11 is 5.96.